The van der Waals surface area contributed by atoms with Gasteiger partial charge in [0.1, 0.15) is 0 Å². The summed E-state index contributed by atoms with van der Waals surface area (Å²) in [5, 5.41) is 0. The first-order valence-corrected chi connectivity index (χ1v) is 7.17. The van der Waals surface area contributed by atoms with Gasteiger partial charge in [-0.1, -0.05) is 6.92 Å². The van der Waals surface area contributed by atoms with Gasteiger partial charge in [-0.3, -0.25) is 0 Å². The fourth-order valence-electron chi connectivity index (χ4n) is 1.27. The van der Waals surface area contributed by atoms with Gasteiger partial charge in [0.05, 0.1) is 17.9 Å². The van der Waals surface area contributed by atoms with Crippen LogP contribution < -0.4 is 0 Å². The molecule has 0 aromatic carbocycles. The molecule has 0 aromatic rings. The Balaban J connectivity index is 2.35. The number of carbonyl (C=O) groups is 1. The molecule has 0 unspecified atom stereocenters. The van der Waals surface area contributed by atoms with Gasteiger partial charge in [0.15, 0.2) is 0 Å². The third-order valence-electron chi connectivity index (χ3n) is 1.99. The first-order valence-electron chi connectivity index (χ1n) is 5.76. The van der Waals surface area contributed by atoms with Crippen molar-refractivity contribution in [2.24, 2.45) is 5.92 Å². The number of carbonyl (C=O) groups excluding carboxylic acids is 1. The smallest absolute Gasteiger partial charge is 0.602 e. The molecule has 0 spiro atoms. The van der Waals surface area contributed by atoms with E-state index in [1.807, 2.05) is 6.92 Å². The minimum absolute atomic E-state index is 0.133. The van der Waals surface area contributed by atoms with Gasteiger partial charge in [-0.05, 0) is 26.7 Å². The van der Waals surface area contributed by atoms with Crippen LogP contribution in [0.2, 0.25) is 0 Å². The summed E-state index contributed by atoms with van der Waals surface area (Å²) in [5.74, 6) is 0.468. The van der Waals surface area contributed by atoms with Crippen molar-refractivity contribution in [1.29, 1.82) is 0 Å². The summed E-state index contributed by atoms with van der Waals surface area (Å²) < 4.78 is 21.3. The van der Waals surface area contributed by atoms with Crippen molar-refractivity contribution >= 4 is 21.1 Å². The minimum atomic E-state index is -2.09. The molecular weight excluding hydrogens is 239 g/mol. The van der Waals surface area contributed by atoms with Gasteiger partial charge >= 0.3 is 21.1 Å². The molecule has 5 nitrogen and oxygen atoms in total. The number of hydrogen-bond donors (Lipinski definition) is 0. The number of allylic oxidation sites excluding steroid dienone is 1. The van der Waals surface area contributed by atoms with E-state index in [9.17, 15) is 4.79 Å². The molecule has 0 atom stereocenters. The monoisotopic (exact) mass is 258 g/mol. The van der Waals surface area contributed by atoms with Crippen LogP contribution in [0.4, 0.5) is 0 Å². The van der Waals surface area contributed by atoms with E-state index >= 15 is 0 Å². The molecule has 6 heteroatoms. The molecule has 0 bridgehead atoms. The molecule has 1 aliphatic rings. The molecule has 0 aromatic heterocycles. The van der Waals surface area contributed by atoms with Crippen LogP contribution in [-0.2, 0) is 20.9 Å². The number of hydrogen-bond acceptors (Lipinski definition) is 5. The van der Waals surface area contributed by atoms with Crippen molar-refractivity contribution < 1.29 is 20.9 Å². The molecule has 0 saturated carbocycles. The summed E-state index contributed by atoms with van der Waals surface area (Å²) in [6.45, 7) is 8.64. The van der Waals surface area contributed by atoms with Crippen LogP contribution in [0, 0.1) is 5.92 Å². The Bertz CT molecular complexity index is 282. The lowest BCUT2D eigenvalue weighted by Gasteiger charge is -2.23. The zero-order chi connectivity index (χ0) is 12.8. The van der Waals surface area contributed by atoms with E-state index in [1.54, 1.807) is 20.8 Å². The quantitative estimate of drug-likeness (QED) is 0.331. The SMILES string of the molecule is C/C(=C/C(=O)OC(C)C)[O][Al]1[O]CC(C)C[O]1. The van der Waals surface area contributed by atoms with Gasteiger partial charge in [0, 0.05) is 13.2 Å². The van der Waals surface area contributed by atoms with E-state index in [0.717, 1.165) is 0 Å². The summed E-state index contributed by atoms with van der Waals surface area (Å²) in [6.07, 6.45) is 1.18. The zero-order valence-corrected chi connectivity index (χ0v) is 11.9. The maximum absolute atomic E-state index is 11.3. The van der Waals surface area contributed by atoms with Crippen LogP contribution in [-0.4, -0.2) is 40.4 Å². The maximum Gasteiger partial charge on any atom is 1.00 e. The van der Waals surface area contributed by atoms with Crippen molar-refractivity contribution in [2.45, 2.75) is 33.8 Å². The Labute approximate surface area is 107 Å². The summed E-state index contributed by atoms with van der Waals surface area (Å²) in [6, 6.07) is 0. The Morgan fingerprint density at radius 3 is 2.53 bits per heavy atom. The minimum Gasteiger partial charge on any atom is -0.602 e. The predicted molar refractivity (Wildman–Crippen MR) is 62.9 cm³/mol. The Kier molecular flexibility index (Phi) is 6.00. The fourth-order valence-corrected chi connectivity index (χ4v) is 2.84. The summed E-state index contributed by atoms with van der Waals surface area (Å²) >= 11 is -2.09. The number of ether oxygens (including phenoxy) is 1. The highest BCUT2D eigenvalue weighted by atomic mass is 27.3. The van der Waals surface area contributed by atoms with Crippen LogP contribution >= 0.6 is 0 Å². The molecule has 17 heavy (non-hydrogen) atoms. The highest BCUT2D eigenvalue weighted by Gasteiger charge is 2.39. The van der Waals surface area contributed by atoms with Crippen LogP contribution in [0.15, 0.2) is 11.8 Å². The molecule has 1 saturated heterocycles. The molecule has 96 valence electrons. The van der Waals surface area contributed by atoms with Crippen LogP contribution in [0.25, 0.3) is 0 Å². The van der Waals surface area contributed by atoms with E-state index in [-0.39, 0.29) is 6.10 Å². The molecule has 0 aliphatic carbocycles. The molecule has 0 radical (unpaired) electrons. The molecule has 0 amide bonds. The van der Waals surface area contributed by atoms with Crippen LogP contribution in [0.5, 0.6) is 0 Å². The Hall–Kier alpha value is -0.538. The second-order valence-electron chi connectivity index (χ2n) is 4.42. The Morgan fingerprint density at radius 1 is 1.41 bits per heavy atom. The summed E-state index contributed by atoms with van der Waals surface area (Å²) in [4.78, 5) is 11.3. The lowest BCUT2D eigenvalue weighted by atomic mass is 10.2. The van der Waals surface area contributed by atoms with Crippen molar-refractivity contribution in [3.8, 4) is 0 Å². The highest BCUT2D eigenvalue weighted by molar-refractivity contribution is 6.37. The first kappa shape index (κ1) is 14.5. The third kappa shape index (κ3) is 6.08. The van der Waals surface area contributed by atoms with Gasteiger partial charge in [0.2, 0.25) is 0 Å². The molecule has 0 N–H and O–H groups in total. The second kappa shape index (κ2) is 7.02. The van der Waals surface area contributed by atoms with E-state index in [2.05, 4.69) is 0 Å². The topological polar surface area (TPSA) is 54.0 Å². The maximum atomic E-state index is 11.3. The van der Waals surface area contributed by atoms with Crippen LogP contribution in [0.3, 0.4) is 0 Å². The Morgan fingerprint density at radius 2 is 2.00 bits per heavy atom. The first-order chi connectivity index (χ1) is 7.97. The van der Waals surface area contributed by atoms with Crippen molar-refractivity contribution in [1.82, 2.24) is 0 Å². The number of esters is 1. The zero-order valence-electron chi connectivity index (χ0n) is 10.8. The van der Waals surface area contributed by atoms with Crippen molar-refractivity contribution in [3.05, 3.63) is 11.8 Å². The molecule has 1 heterocycles. The van der Waals surface area contributed by atoms with E-state index in [4.69, 9.17) is 16.1 Å². The normalized spacial score (nSPS) is 18.4. The second-order valence-corrected chi connectivity index (χ2v) is 5.90. The van der Waals surface area contributed by atoms with Crippen molar-refractivity contribution in [3.63, 3.8) is 0 Å². The van der Waals surface area contributed by atoms with Crippen LogP contribution in [0.1, 0.15) is 27.7 Å². The largest absolute Gasteiger partial charge is 1.00 e. The molecule has 1 fully saturated rings. The van der Waals surface area contributed by atoms with Gasteiger partial charge in [0.25, 0.3) is 0 Å². The van der Waals surface area contributed by atoms with Gasteiger partial charge in [-0.15, -0.1) is 0 Å². The van der Waals surface area contributed by atoms with Gasteiger partial charge < -0.3 is 16.1 Å². The van der Waals surface area contributed by atoms with E-state index in [1.165, 1.54) is 6.08 Å². The summed E-state index contributed by atoms with van der Waals surface area (Å²) in [7, 11) is 0. The van der Waals surface area contributed by atoms with Crippen molar-refractivity contribution in [2.75, 3.05) is 13.2 Å². The van der Waals surface area contributed by atoms with Gasteiger partial charge in [-0.2, -0.15) is 0 Å². The fraction of sp³-hybridized carbons (Fsp3) is 0.727. The van der Waals surface area contributed by atoms with E-state index < -0.39 is 21.1 Å². The molecular formula is C11H19AlO5. The standard InChI is InChI=1S/C7H12O3.C4H8O2.Al/c1-5(2)10-7(9)4-6(3)8;1-4(2-5)3-6;/h4-5,8H,1-3H3;4H,2-3H2,1H3;/q;-2;+3/p-1/b6-4-;;. The lowest BCUT2D eigenvalue weighted by Crippen LogP contribution is -2.36. The predicted octanol–water partition coefficient (Wildman–Crippen LogP) is 1.53. The average Bonchev–Trinajstić information content (AvgIpc) is 2.19. The molecule has 1 aliphatic heterocycles. The average molecular weight is 258 g/mol. The van der Waals surface area contributed by atoms with E-state index in [0.29, 0.717) is 24.9 Å². The number of rotatable bonds is 4. The summed E-state index contributed by atoms with van der Waals surface area (Å²) in [5.41, 5.74) is 0. The lowest BCUT2D eigenvalue weighted by molar-refractivity contribution is -0.141. The van der Waals surface area contributed by atoms with Gasteiger partial charge in [-0.25, -0.2) is 4.79 Å². The highest BCUT2D eigenvalue weighted by Crippen LogP contribution is 2.11. The third-order valence-corrected chi connectivity index (χ3v) is 3.48. The molecule has 1 rings (SSSR count).